The first-order valence-corrected chi connectivity index (χ1v) is 5.94. The van der Waals surface area contributed by atoms with Crippen LogP contribution in [0.3, 0.4) is 0 Å². The van der Waals surface area contributed by atoms with Gasteiger partial charge in [-0.15, -0.1) is 0 Å². The Labute approximate surface area is 106 Å². The van der Waals surface area contributed by atoms with E-state index in [0.29, 0.717) is 19.4 Å². The van der Waals surface area contributed by atoms with Crippen LogP contribution in [0.1, 0.15) is 25.3 Å². The van der Waals surface area contributed by atoms with Crippen molar-refractivity contribution in [1.29, 1.82) is 0 Å². The Morgan fingerprint density at radius 2 is 1.94 bits per heavy atom. The van der Waals surface area contributed by atoms with Crippen molar-refractivity contribution in [3.63, 3.8) is 0 Å². The van der Waals surface area contributed by atoms with E-state index in [1.807, 2.05) is 37.3 Å². The van der Waals surface area contributed by atoms with Crippen molar-refractivity contribution < 1.29 is 14.7 Å². The molecule has 0 radical (unpaired) electrons. The van der Waals surface area contributed by atoms with Gasteiger partial charge in [-0.05, 0) is 12.0 Å². The molecule has 0 saturated carbocycles. The van der Waals surface area contributed by atoms with Gasteiger partial charge >= 0.3 is 12.0 Å². The van der Waals surface area contributed by atoms with E-state index in [1.54, 1.807) is 0 Å². The van der Waals surface area contributed by atoms with E-state index < -0.39 is 18.0 Å². The molecule has 0 aromatic heterocycles. The lowest BCUT2D eigenvalue weighted by molar-refractivity contribution is -0.139. The number of rotatable bonds is 6. The maximum Gasteiger partial charge on any atom is 0.326 e. The van der Waals surface area contributed by atoms with E-state index >= 15 is 0 Å². The van der Waals surface area contributed by atoms with Gasteiger partial charge in [0, 0.05) is 6.54 Å². The molecule has 1 atom stereocenters. The summed E-state index contributed by atoms with van der Waals surface area (Å²) in [4.78, 5) is 22.4. The van der Waals surface area contributed by atoms with Crippen LogP contribution in [0.2, 0.25) is 0 Å². The molecule has 5 nitrogen and oxygen atoms in total. The molecule has 0 aliphatic heterocycles. The second-order valence-corrected chi connectivity index (χ2v) is 3.99. The predicted octanol–water partition coefficient (Wildman–Crippen LogP) is 1.74. The summed E-state index contributed by atoms with van der Waals surface area (Å²) in [6.07, 6.45) is 1.13. The third-order valence-corrected chi connectivity index (χ3v) is 2.48. The number of carboxylic acids is 1. The normalized spacial score (nSPS) is 11.6. The topological polar surface area (TPSA) is 78.4 Å². The van der Waals surface area contributed by atoms with Gasteiger partial charge in [0.25, 0.3) is 0 Å². The van der Waals surface area contributed by atoms with Crippen molar-refractivity contribution in [2.24, 2.45) is 0 Å². The molecule has 0 bridgehead atoms. The number of amides is 2. The van der Waals surface area contributed by atoms with Gasteiger partial charge in [-0.25, -0.2) is 9.59 Å². The average molecular weight is 250 g/mol. The quantitative estimate of drug-likeness (QED) is 0.719. The van der Waals surface area contributed by atoms with Crippen LogP contribution < -0.4 is 10.6 Å². The Kier molecular flexibility index (Phi) is 5.70. The highest BCUT2D eigenvalue weighted by Gasteiger charge is 2.18. The first kappa shape index (κ1) is 14.0. The van der Waals surface area contributed by atoms with E-state index in [4.69, 9.17) is 5.11 Å². The summed E-state index contributed by atoms with van der Waals surface area (Å²) in [5.41, 5.74) is 0.968. The van der Waals surface area contributed by atoms with Crippen LogP contribution in [0, 0.1) is 0 Å². The fraction of sp³-hybridized carbons (Fsp3) is 0.385. The van der Waals surface area contributed by atoms with E-state index in [1.165, 1.54) is 0 Å². The predicted molar refractivity (Wildman–Crippen MR) is 68.1 cm³/mol. The molecule has 5 heteroatoms. The van der Waals surface area contributed by atoms with E-state index in [2.05, 4.69) is 10.6 Å². The Bertz CT molecular complexity index is 392. The van der Waals surface area contributed by atoms with Crippen LogP contribution >= 0.6 is 0 Å². The van der Waals surface area contributed by atoms with Crippen LogP contribution in [0.15, 0.2) is 30.3 Å². The summed E-state index contributed by atoms with van der Waals surface area (Å²) in [5.74, 6) is -1.01. The highest BCUT2D eigenvalue weighted by Crippen LogP contribution is 1.98. The van der Waals surface area contributed by atoms with Crippen LogP contribution in [-0.2, 0) is 11.3 Å². The van der Waals surface area contributed by atoms with Gasteiger partial charge in [0.05, 0.1) is 0 Å². The third-order valence-electron chi connectivity index (χ3n) is 2.48. The molecule has 0 heterocycles. The fourth-order valence-electron chi connectivity index (χ4n) is 1.53. The molecular weight excluding hydrogens is 232 g/mol. The van der Waals surface area contributed by atoms with Gasteiger partial charge in [-0.2, -0.15) is 0 Å². The number of urea groups is 1. The maximum absolute atomic E-state index is 11.5. The van der Waals surface area contributed by atoms with Crippen molar-refractivity contribution in [2.75, 3.05) is 0 Å². The minimum absolute atomic E-state index is 0.380. The third kappa shape index (κ3) is 4.86. The number of hydrogen-bond acceptors (Lipinski definition) is 2. The molecule has 0 spiro atoms. The summed E-state index contributed by atoms with van der Waals surface area (Å²) < 4.78 is 0. The van der Waals surface area contributed by atoms with Crippen molar-refractivity contribution >= 4 is 12.0 Å². The summed E-state index contributed by atoms with van der Waals surface area (Å²) >= 11 is 0. The maximum atomic E-state index is 11.5. The molecule has 18 heavy (non-hydrogen) atoms. The SMILES string of the molecule is CCC[C@@H](NC(=O)NCc1ccccc1)C(=O)O. The van der Waals surface area contributed by atoms with E-state index in [0.717, 1.165) is 5.56 Å². The van der Waals surface area contributed by atoms with Crippen LogP contribution in [0.4, 0.5) is 4.79 Å². The molecule has 1 aromatic rings. The first-order chi connectivity index (χ1) is 8.63. The highest BCUT2D eigenvalue weighted by molar-refractivity contribution is 5.82. The van der Waals surface area contributed by atoms with Crippen LogP contribution in [0.25, 0.3) is 0 Å². The number of carboxylic acid groups (broad SMARTS) is 1. The summed E-state index contributed by atoms with van der Waals surface area (Å²) in [5, 5.41) is 14.0. The van der Waals surface area contributed by atoms with Gasteiger partial charge in [0.1, 0.15) is 6.04 Å². The van der Waals surface area contributed by atoms with Crippen molar-refractivity contribution in [3.8, 4) is 0 Å². The number of carbonyl (C=O) groups is 2. The highest BCUT2D eigenvalue weighted by atomic mass is 16.4. The largest absolute Gasteiger partial charge is 0.480 e. The number of benzene rings is 1. The second-order valence-electron chi connectivity index (χ2n) is 3.99. The Hall–Kier alpha value is -2.04. The van der Waals surface area contributed by atoms with Crippen molar-refractivity contribution in [2.45, 2.75) is 32.4 Å². The fourth-order valence-corrected chi connectivity index (χ4v) is 1.53. The van der Waals surface area contributed by atoms with Gasteiger partial charge in [0.15, 0.2) is 0 Å². The molecular formula is C13H18N2O3. The Balaban J connectivity index is 2.39. The Morgan fingerprint density at radius 1 is 1.28 bits per heavy atom. The Morgan fingerprint density at radius 3 is 2.50 bits per heavy atom. The number of hydrogen-bond donors (Lipinski definition) is 3. The smallest absolute Gasteiger partial charge is 0.326 e. The van der Waals surface area contributed by atoms with Crippen molar-refractivity contribution in [1.82, 2.24) is 10.6 Å². The minimum Gasteiger partial charge on any atom is -0.480 e. The molecule has 0 fully saturated rings. The molecule has 0 saturated heterocycles. The lowest BCUT2D eigenvalue weighted by atomic mass is 10.2. The minimum atomic E-state index is -1.01. The zero-order valence-corrected chi connectivity index (χ0v) is 10.3. The van der Waals surface area contributed by atoms with E-state index in [9.17, 15) is 9.59 Å². The summed E-state index contributed by atoms with van der Waals surface area (Å²) in [6, 6.07) is 8.15. The van der Waals surface area contributed by atoms with Crippen LogP contribution in [-0.4, -0.2) is 23.1 Å². The number of aliphatic carboxylic acids is 1. The van der Waals surface area contributed by atoms with Gasteiger partial charge in [-0.3, -0.25) is 0 Å². The zero-order valence-electron chi connectivity index (χ0n) is 10.3. The molecule has 0 aliphatic carbocycles. The molecule has 0 aliphatic rings. The lowest BCUT2D eigenvalue weighted by Crippen LogP contribution is -2.45. The number of carbonyl (C=O) groups excluding carboxylic acids is 1. The zero-order chi connectivity index (χ0) is 13.4. The summed E-state index contributed by atoms with van der Waals surface area (Å²) in [7, 11) is 0. The second kappa shape index (κ2) is 7.32. The molecule has 3 N–H and O–H groups in total. The average Bonchev–Trinajstić information content (AvgIpc) is 2.37. The first-order valence-electron chi connectivity index (χ1n) is 5.94. The standard InChI is InChI=1S/C13H18N2O3/c1-2-6-11(12(16)17)15-13(18)14-9-10-7-4-3-5-8-10/h3-5,7-8,11H,2,6,9H2,1H3,(H,16,17)(H2,14,15,18)/t11-/m1/s1. The van der Waals surface area contributed by atoms with Crippen LogP contribution in [0.5, 0.6) is 0 Å². The van der Waals surface area contributed by atoms with Gasteiger partial charge in [-0.1, -0.05) is 43.7 Å². The lowest BCUT2D eigenvalue weighted by Gasteiger charge is -2.14. The molecule has 98 valence electrons. The molecule has 1 rings (SSSR count). The summed E-state index contributed by atoms with van der Waals surface area (Å²) in [6.45, 7) is 2.25. The van der Waals surface area contributed by atoms with E-state index in [-0.39, 0.29) is 0 Å². The monoisotopic (exact) mass is 250 g/mol. The van der Waals surface area contributed by atoms with Crippen molar-refractivity contribution in [3.05, 3.63) is 35.9 Å². The molecule has 2 amide bonds. The van der Waals surface area contributed by atoms with Gasteiger partial charge < -0.3 is 15.7 Å². The molecule has 0 unspecified atom stereocenters. The number of nitrogens with one attached hydrogen (secondary N) is 2. The molecule has 1 aromatic carbocycles. The van der Waals surface area contributed by atoms with Gasteiger partial charge in [0.2, 0.25) is 0 Å².